The van der Waals surface area contributed by atoms with Crippen LogP contribution in [-0.4, -0.2) is 73.5 Å². The van der Waals surface area contributed by atoms with E-state index < -0.39 is 5.97 Å². The van der Waals surface area contributed by atoms with Gasteiger partial charge in [-0.3, -0.25) is 5.43 Å². The monoisotopic (exact) mass is 385 g/mol. The number of likely N-dealkylation sites (N-methyl/N-ethyl adjacent to an activating group) is 1. The van der Waals surface area contributed by atoms with Gasteiger partial charge in [-0.2, -0.15) is 0 Å². The number of fused-ring (bicyclic) bond motifs is 1. The summed E-state index contributed by atoms with van der Waals surface area (Å²) in [4.78, 5) is 22.8. The molecule has 0 saturated carbocycles. The minimum absolute atomic E-state index is 0.0550. The quantitative estimate of drug-likeness (QED) is 0.552. The molecule has 9 nitrogen and oxygen atoms in total. The van der Waals surface area contributed by atoms with Crippen LogP contribution in [0.3, 0.4) is 0 Å². The minimum atomic E-state index is -0.667. The van der Waals surface area contributed by atoms with Gasteiger partial charge in [0.1, 0.15) is 6.61 Å². The first-order chi connectivity index (χ1) is 13.4. The number of aliphatic imine (C=N–C) groups is 1. The number of aromatic nitrogens is 1. The number of hydrogen-bond acceptors (Lipinski definition) is 9. The van der Waals surface area contributed by atoms with Crippen molar-refractivity contribution in [2.45, 2.75) is 0 Å². The highest BCUT2D eigenvalue weighted by molar-refractivity contribution is 6.21. The lowest BCUT2D eigenvalue weighted by Gasteiger charge is -2.13. The minimum Gasteiger partial charge on any atom is -0.504 e. The van der Waals surface area contributed by atoms with Gasteiger partial charge in [0, 0.05) is 44.2 Å². The highest BCUT2D eigenvalue weighted by Gasteiger charge is 2.27. The van der Waals surface area contributed by atoms with Crippen LogP contribution < -0.4 is 5.43 Å². The Bertz CT molecular complexity index is 930. The molecule has 0 unspecified atom stereocenters. The third-order valence-electron chi connectivity index (χ3n) is 3.92. The van der Waals surface area contributed by atoms with Crippen molar-refractivity contribution in [2.75, 3.05) is 46.8 Å². The Morgan fingerprint density at radius 1 is 1.36 bits per heavy atom. The summed E-state index contributed by atoms with van der Waals surface area (Å²) < 4.78 is 11.0. The summed E-state index contributed by atoms with van der Waals surface area (Å²) in [5.74, 6) is -0.140. The van der Waals surface area contributed by atoms with Crippen molar-refractivity contribution in [1.82, 2.24) is 14.9 Å². The molecule has 2 N–H and O–H groups in total. The highest BCUT2D eigenvalue weighted by atomic mass is 16.5. The van der Waals surface area contributed by atoms with Crippen LogP contribution in [-0.2, 0) is 4.74 Å². The van der Waals surface area contributed by atoms with Gasteiger partial charge in [0.05, 0.1) is 0 Å². The van der Waals surface area contributed by atoms with Gasteiger partial charge in [0.15, 0.2) is 22.9 Å². The first-order valence-electron chi connectivity index (χ1n) is 8.69. The number of carbonyl (C=O) groups excluding carboxylic acids is 1. The number of furan rings is 1. The molecule has 3 heterocycles. The van der Waals surface area contributed by atoms with E-state index in [0.29, 0.717) is 12.4 Å². The molecule has 3 rings (SSSR count). The van der Waals surface area contributed by atoms with Gasteiger partial charge >= 0.3 is 5.97 Å². The molecular formula is C19H23N5O4. The van der Waals surface area contributed by atoms with Crippen molar-refractivity contribution < 1.29 is 19.1 Å². The fourth-order valence-corrected chi connectivity index (χ4v) is 2.58. The number of ether oxygens (including phenoxy) is 1. The number of aromatic hydroxyl groups is 1. The second-order valence-corrected chi connectivity index (χ2v) is 6.70. The lowest BCUT2D eigenvalue weighted by Crippen LogP contribution is -2.22. The van der Waals surface area contributed by atoms with Crippen LogP contribution in [0.1, 0.15) is 21.7 Å². The van der Waals surface area contributed by atoms with Crippen molar-refractivity contribution in [3.8, 4) is 5.75 Å². The van der Waals surface area contributed by atoms with E-state index >= 15 is 0 Å². The smallest absolute Gasteiger partial charge is 0.347 e. The zero-order valence-corrected chi connectivity index (χ0v) is 16.3. The number of esters is 1. The molecule has 0 saturated heterocycles. The van der Waals surface area contributed by atoms with E-state index in [0.717, 1.165) is 11.1 Å². The number of hydrogen-bond donors (Lipinski definition) is 2. The first-order valence-corrected chi connectivity index (χ1v) is 8.69. The van der Waals surface area contributed by atoms with E-state index in [1.54, 1.807) is 43.7 Å². The Morgan fingerprint density at radius 2 is 2.14 bits per heavy atom. The second-order valence-electron chi connectivity index (χ2n) is 6.70. The molecule has 2 aromatic heterocycles. The van der Waals surface area contributed by atoms with Gasteiger partial charge in [-0.1, -0.05) is 0 Å². The summed E-state index contributed by atoms with van der Waals surface area (Å²) in [5, 5.41) is 12.2. The SMILES string of the molecule is CN(C)CCOC(=O)c1c(NN(C)C)oc(C=C2C=Nc3ncccc32)c1O. The van der Waals surface area contributed by atoms with Crippen molar-refractivity contribution in [1.29, 1.82) is 0 Å². The standard InChI is InChI=1S/C19H23N5O4/c1-23(2)8-9-27-19(26)15-16(25)14(28-18(15)22-24(3)4)10-12-11-21-17-13(12)6-5-7-20-17/h5-7,10-11,22,25H,8-9H2,1-4H3. The molecule has 0 radical (unpaired) electrons. The molecule has 0 atom stereocenters. The van der Waals surface area contributed by atoms with Gasteiger partial charge in [-0.25, -0.2) is 19.8 Å². The van der Waals surface area contributed by atoms with Gasteiger partial charge in [0.2, 0.25) is 5.88 Å². The van der Waals surface area contributed by atoms with Crippen LogP contribution in [0.25, 0.3) is 11.6 Å². The van der Waals surface area contributed by atoms with Crippen LogP contribution in [0, 0.1) is 0 Å². The topological polar surface area (TPSA) is 103 Å². The molecule has 28 heavy (non-hydrogen) atoms. The maximum absolute atomic E-state index is 12.5. The molecule has 0 bridgehead atoms. The van der Waals surface area contributed by atoms with E-state index in [9.17, 15) is 9.90 Å². The normalized spacial score (nSPS) is 14.1. The van der Waals surface area contributed by atoms with Crippen LogP contribution in [0.4, 0.5) is 11.7 Å². The maximum atomic E-state index is 12.5. The first kappa shape index (κ1) is 19.6. The third kappa shape index (κ3) is 4.21. The number of pyridine rings is 1. The highest BCUT2D eigenvalue weighted by Crippen LogP contribution is 2.38. The number of nitrogens with one attached hydrogen (secondary N) is 1. The predicted octanol–water partition coefficient (Wildman–Crippen LogP) is 2.24. The maximum Gasteiger partial charge on any atom is 0.347 e. The second kappa shape index (κ2) is 8.24. The Hall–Kier alpha value is -3.17. The van der Waals surface area contributed by atoms with Crippen LogP contribution >= 0.6 is 0 Å². The molecule has 2 aromatic rings. The summed E-state index contributed by atoms with van der Waals surface area (Å²) in [6.07, 6.45) is 4.90. The Labute approximate surface area is 162 Å². The van der Waals surface area contributed by atoms with Gasteiger partial charge < -0.3 is 19.2 Å². The van der Waals surface area contributed by atoms with E-state index in [4.69, 9.17) is 9.15 Å². The van der Waals surface area contributed by atoms with E-state index in [-0.39, 0.29) is 29.6 Å². The third-order valence-corrected chi connectivity index (χ3v) is 3.92. The number of rotatable bonds is 7. The molecule has 0 spiro atoms. The molecule has 1 aliphatic rings. The Kier molecular flexibility index (Phi) is 5.76. The van der Waals surface area contributed by atoms with E-state index in [1.165, 1.54) is 0 Å². The van der Waals surface area contributed by atoms with Crippen LogP contribution in [0.5, 0.6) is 5.75 Å². The molecule has 1 aliphatic heterocycles. The molecule has 148 valence electrons. The number of nitrogens with zero attached hydrogens (tertiary/aromatic N) is 4. The summed E-state index contributed by atoms with van der Waals surface area (Å²) in [6.45, 7) is 0.762. The van der Waals surface area contributed by atoms with Crippen molar-refractivity contribution in [3.63, 3.8) is 0 Å². The molecule has 9 heteroatoms. The molecular weight excluding hydrogens is 362 g/mol. The summed E-state index contributed by atoms with van der Waals surface area (Å²) in [7, 11) is 7.24. The Balaban J connectivity index is 1.93. The largest absolute Gasteiger partial charge is 0.504 e. The summed E-state index contributed by atoms with van der Waals surface area (Å²) in [6, 6.07) is 3.67. The molecule has 0 fully saturated rings. The van der Waals surface area contributed by atoms with Crippen molar-refractivity contribution in [2.24, 2.45) is 4.99 Å². The predicted molar refractivity (Wildman–Crippen MR) is 107 cm³/mol. The van der Waals surface area contributed by atoms with E-state index in [1.807, 2.05) is 25.1 Å². The Morgan fingerprint density at radius 3 is 2.86 bits per heavy atom. The van der Waals surface area contributed by atoms with Crippen LogP contribution in [0.2, 0.25) is 0 Å². The number of hydrazine groups is 1. The molecule has 0 aliphatic carbocycles. The van der Waals surface area contributed by atoms with Crippen molar-refractivity contribution >= 4 is 35.5 Å². The molecule has 0 aromatic carbocycles. The van der Waals surface area contributed by atoms with Gasteiger partial charge in [-0.15, -0.1) is 0 Å². The molecule has 0 amide bonds. The lowest BCUT2D eigenvalue weighted by molar-refractivity contribution is 0.0479. The lowest BCUT2D eigenvalue weighted by atomic mass is 10.1. The number of anilines is 1. The van der Waals surface area contributed by atoms with Gasteiger partial charge in [-0.05, 0) is 32.3 Å². The van der Waals surface area contributed by atoms with Crippen molar-refractivity contribution in [3.05, 3.63) is 35.2 Å². The van der Waals surface area contributed by atoms with Gasteiger partial charge in [0.25, 0.3) is 0 Å². The number of allylic oxidation sites excluding steroid dienone is 1. The zero-order valence-electron chi connectivity index (χ0n) is 16.3. The number of carbonyl (C=O) groups is 1. The summed E-state index contributed by atoms with van der Waals surface area (Å²) >= 11 is 0. The fraction of sp³-hybridized carbons (Fsp3) is 0.316. The average Bonchev–Trinajstić information content (AvgIpc) is 3.16. The zero-order chi connectivity index (χ0) is 20.3. The summed E-state index contributed by atoms with van der Waals surface area (Å²) in [5.41, 5.74) is 4.36. The van der Waals surface area contributed by atoms with E-state index in [2.05, 4.69) is 15.4 Å². The average molecular weight is 385 g/mol. The van der Waals surface area contributed by atoms with Crippen LogP contribution in [0.15, 0.2) is 27.7 Å². The fourth-order valence-electron chi connectivity index (χ4n) is 2.58.